The van der Waals surface area contributed by atoms with Crippen LogP contribution in [0, 0.1) is 35.5 Å². The number of anilines is 1. The summed E-state index contributed by atoms with van der Waals surface area (Å²) >= 11 is 5.89. The first kappa shape index (κ1) is 16.4. The van der Waals surface area contributed by atoms with E-state index < -0.39 is 0 Å². The van der Waals surface area contributed by atoms with Crippen molar-refractivity contribution in [1.29, 1.82) is 0 Å². The minimum absolute atomic E-state index is 0.0360. The summed E-state index contributed by atoms with van der Waals surface area (Å²) in [6.07, 6.45) is 5.56. The lowest BCUT2D eigenvalue weighted by Crippen LogP contribution is -2.40. The molecule has 1 saturated heterocycles. The van der Waals surface area contributed by atoms with Crippen LogP contribution in [0.25, 0.3) is 0 Å². The number of hydrogen-bond donors (Lipinski definition) is 0. The number of amides is 2. The van der Waals surface area contributed by atoms with E-state index >= 15 is 0 Å². The lowest BCUT2D eigenvalue weighted by Gasteiger charge is -2.37. The van der Waals surface area contributed by atoms with Crippen LogP contribution in [0.4, 0.5) is 5.69 Å². The van der Waals surface area contributed by atoms with E-state index in [-0.39, 0.29) is 35.5 Å². The first-order valence-electron chi connectivity index (χ1n) is 9.71. The lowest BCUT2D eigenvalue weighted by atomic mass is 9.63. The number of nitrogens with zero attached hydrogens (tertiary/aromatic N) is 1. The van der Waals surface area contributed by atoms with E-state index in [2.05, 4.69) is 12.2 Å². The summed E-state index contributed by atoms with van der Waals surface area (Å²) in [7, 11) is 0. The van der Waals surface area contributed by atoms with Crippen LogP contribution in [-0.2, 0) is 9.59 Å². The molecule has 4 nitrogen and oxygen atoms in total. The fourth-order valence-corrected chi connectivity index (χ4v) is 5.64. The van der Waals surface area contributed by atoms with Crippen molar-refractivity contribution >= 4 is 29.1 Å². The van der Waals surface area contributed by atoms with Gasteiger partial charge in [-0.15, -0.1) is 0 Å². The number of rotatable bonds is 3. The average Bonchev–Trinajstić information content (AvgIpc) is 3.49. The largest absolute Gasteiger partial charge is 0.457 e. The molecule has 2 amide bonds. The van der Waals surface area contributed by atoms with E-state index in [4.69, 9.17) is 16.3 Å². The molecule has 4 aliphatic carbocycles. The second-order valence-corrected chi connectivity index (χ2v) is 8.65. The molecule has 140 valence electrons. The summed E-state index contributed by atoms with van der Waals surface area (Å²) in [6, 6.07) is 14.3. The first-order chi connectivity index (χ1) is 13.6. The lowest BCUT2D eigenvalue weighted by molar-refractivity contribution is -0.124. The van der Waals surface area contributed by atoms with Crippen LogP contribution in [0.1, 0.15) is 6.42 Å². The fourth-order valence-electron chi connectivity index (χ4n) is 5.51. The monoisotopic (exact) mass is 391 g/mol. The molecule has 5 heteroatoms. The van der Waals surface area contributed by atoms with Crippen LogP contribution in [0.15, 0.2) is 60.7 Å². The summed E-state index contributed by atoms with van der Waals surface area (Å²) in [5, 5.41) is 0.649. The van der Waals surface area contributed by atoms with E-state index in [1.54, 1.807) is 48.5 Å². The third kappa shape index (κ3) is 2.24. The highest BCUT2D eigenvalue weighted by molar-refractivity contribution is 6.30. The first-order valence-corrected chi connectivity index (χ1v) is 10.1. The maximum atomic E-state index is 13.1. The number of hydrogen-bond acceptors (Lipinski definition) is 3. The highest BCUT2D eigenvalue weighted by Gasteiger charge is 2.67. The van der Waals surface area contributed by atoms with Crippen LogP contribution in [0.3, 0.4) is 0 Å². The molecule has 3 fully saturated rings. The van der Waals surface area contributed by atoms with E-state index in [1.807, 2.05) is 0 Å². The molecule has 6 atom stereocenters. The summed E-state index contributed by atoms with van der Waals surface area (Å²) in [5.74, 6) is 2.63. The van der Waals surface area contributed by atoms with Crippen LogP contribution in [0.2, 0.25) is 5.02 Å². The maximum absolute atomic E-state index is 13.1. The number of halogens is 1. The van der Waals surface area contributed by atoms with E-state index in [0.29, 0.717) is 34.0 Å². The van der Waals surface area contributed by atoms with E-state index in [9.17, 15) is 9.59 Å². The van der Waals surface area contributed by atoms with Crippen LogP contribution in [-0.4, -0.2) is 11.8 Å². The smallest absolute Gasteiger partial charge is 0.238 e. The summed E-state index contributed by atoms with van der Waals surface area (Å²) in [5.41, 5.74) is 0.626. The molecular formula is C23H18ClNO3. The molecule has 2 bridgehead atoms. The molecule has 2 saturated carbocycles. The number of carbonyl (C=O) groups excluding carboxylic acids is 2. The van der Waals surface area contributed by atoms with Gasteiger partial charge >= 0.3 is 0 Å². The van der Waals surface area contributed by atoms with Gasteiger partial charge in [0.05, 0.1) is 17.5 Å². The number of ether oxygens (including phenoxy) is 1. The number of carbonyl (C=O) groups is 2. The van der Waals surface area contributed by atoms with Crippen molar-refractivity contribution in [3.05, 3.63) is 65.7 Å². The van der Waals surface area contributed by atoms with Gasteiger partial charge in [-0.2, -0.15) is 0 Å². The normalized spacial score (nSPS) is 34.4. The summed E-state index contributed by atoms with van der Waals surface area (Å²) < 4.78 is 5.81. The molecule has 0 spiro atoms. The molecule has 2 aromatic rings. The summed E-state index contributed by atoms with van der Waals surface area (Å²) in [6.45, 7) is 0. The minimum Gasteiger partial charge on any atom is -0.457 e. The second-order valence-electron chi connectivity index (χ2n) is 8.22. The van der Waals surface area contributed by atoms with Crippen molar-refractivity contribution in [1.82, 2.24) is 0 Å². The molecule has 2 aromatic carbocycles. The Bertz CT molecular complexity index is 977. The van der Waals surface area contributed by atoms with Crippen molar-refractivity contribution < 1.29 is 14.3 Å². The topological polar surface area (TPSA) is 46.6 Å². The molecular weight excluding hydrogens is 374 g/mol. The molecule has 28 heavy (non-hydrogen) atoms. The zero-order valence-electron chi connectivity index (χ0n) is 15.0. The molecule has 1 heterocycles. The standard InChI is InChI=1S/C23H18ClNO3/c24-12-1-5-14(6-2-12)28-15-7-3-13(4-8-15)25-22(26)20-16-9-10-17(19-11-18(16)19)21(20)23(25)27/h1-10,16-21H,11H2/t16-,17+,18-,19-,20+,21-/m1/s1. The van der Waals surface area contributed by atoms with Crippen molar-refractivity contribution in [3.63, 3.8) is 0 Å². The Labute approximate surface area is 167 Å². The number of allylic oxidation sites excluding steroid dienone is 2. The van der Waals surface area contributed by atoms with Gasteiger partial charge in [0.15, 0.2) is 0 Å². The van der Waals surface area contributed by atoms with Crippen molar-refractivity contribution in [3.8, 4) is 11.5 Å². The Morgan fingerprint density at radius 3 is 1.82 bits per heavy atom. The van der Waals surface area contributed by atoms with Gasteiger partial charge < -0.3 is 4.74 Å². The molecule has 0 aromatic heterocycles. The van der Waals surface area contributed by atoms with Gasteiger partial charge in [0.25, 0.3) is 0 Å². The predicted molar refractivity (Wildman–Crippen MR) is 105 cm³/mol. The zero-order valence-corrected chi connectivity index (χ0v) is 15.8. The van der Waals surface area contributed by atoms with Gasteiger partial charge in [0.1, 0.15) is 11.5 Å². The highest BCUT2D eigenvalue weighted by Crippen LogP contribution is 2.65. The summed E-state index contributed by atoms with van der Waals surface area (Å²) in [4.78, 5) is 27.7. The molecule has 1 aliphatic heterocycles. The minimum atomic E-state index is -0.170. The molecule has 0 radical (unpaired) electrons. The highest BCUT2D eigenvalue weighted by atomic mass is 35.5. The predicted octanol–water partition coefficient (Wildman–Crippen LogP) is 4.69. The zero-order chi connectivity index (χ0) is 19.0. The third-order valence-electron chi connectivity index (χ3n) is 6.81. The van der Waals surface area contributed by atoms with Crippen LogP contribution >= 0.6 is 11.6 Å². The molecule has 0 unspecified atom stereocenters. The van der Waals surface area contributed by atoms with Gasteiger partial charge in [0.2, 0.25) is 11.8 Å². The number of imide groups is 1. The third-order valence-corrected chi connectivity index (χ3v) is 7.06. The molecule has 0 N–H and O–H groups in total. The number of benzene rings is 2. The van der Waals surface area contributed by atoms with Gasteiger partial charge in [-0.1, -0.05) is 23.8 Å². The van der Waals surface area contributed by atoms with Gasteiger partial charge in [-0.05, 0) is 78.6 Å². The van der Waals surface area contributed by atoms with Crippen molar-refractivity contribution in [2.45, 2.75) is 6.42 Å². The van der Waals surface area contributed by atoms with Crippen molar-refractivity contribution in [2.75, 3.05) is 4.90 Å². The van der Waals surface area contributed by atoms with E-state index in [1.165, 1.54) is 11.3 Å². The Morgan fingerprint density at radius 2 is 1.29 bits per heavy atom. The Balaban J connectivity index is 1.26. The Hall–Kier alpha value is -2.59. The Kier molecular flexibility index (Phi) is 3.34. The SMILES string of the molecule is O=C1[C@@H]2[C@H]3C=C[C@H]([C@H]4C[C@H]34)[C@@H]2C(=O)N1c1ccc(Oc2ccc(Cl)cc2)cc1. The van der Waals surface area contributed by atoms with Crippen LogP contribution < -0.4 is 9.64 Å². The quantitative estimate of drug-likeness (QED) is 0.563. The van der Waals surface area contributed by atoms with E-state index in [0.717, 1.165) is 0 Å². The van der Waals surface area contributed by atoms with Gasteiger partial charge in [-0.25, -0.2) is 0 Å². The Morgan fingerprint density at radius 1 is 0.786 bits per heavy atom. The van der Waals surface area contributed by atoms with Gasteiger partial charge in [0, 0.05) is 5.02 Å². The average molecular weight is 392 g/mol. The fraction of sp³-hybridized carbons (Fsp3) is 0.304. The maximum Gasteiger partial charge on any atom is 0.238 e. The van der Waals surface area contributed by atoms with Crippen molar-refractivity contribution in [2.24, 2.45) is 35.5 Å². The van der Waals surface area contributed by atoms with Gasteiger partial charge in [-0.3, -0.25) is 14.5 Å². The second kappa shape index (κ2) is 5.71. The molecule has 5 aliphatic rings. The molecule has 7 rings (SSSR count). The van der Waals surface area contributed by atoms with Crippen LogP contribution in [0.5, 0.6) is 11.5 Å².